The second-order valence-electron chi connectivity index (χ2n) is 8.16. The summed E-state index contributed by atoms with van der Waals surface area (Å²) in [6, 6.07) is 36.0. The molecule has 1 aliphatic rings. The number of halogens is 1. The lowest BCUT2D eigenvalue weighted by Crippen LogP contribution is -2.35. The summed E-state index contributed by atoms with van der Waals surface area (Å²) in [5.74, 6) is 0.865. The molecule has 0 radical (unpaired) electrons. The van der Waals surface area contributed by atoms with Gasteiger partial charge in [0, 0.05) is 10.2 Å². The fourth-order valence-corrected chi connectivity index (χ4v) is 4.68. The first-order valence-electron chi connectivity index (χ1n) is 11.1. The maximum absolute atomic E-state index is 5.29. The number of ether oxygens (including phenoxy) is 1. The standard InChI is InChI=1S/C29H25BrN2O/c1-20-28(23-8-14-25(30)15-9-23)31-29(24-6-4-3-5-7-24)32(20)26-16-10-21(11-17-26)22-12-18-27(33-2)19-13-22/h3-20,29H,1-2H3. The van der Waals surface area contributed by atoms with E-state index in [0.29, 0.717) is 0 Å². The van der Waals surface area contributed by atoms with E-state index in [9.17, 15) is 0 Å². The van der Waals surface area contributed by atoms with Gasteiger partial charge in [0.1, 0.15) is 11.9 Å². The first-order valence-corrected chi connectivity index (χ1v) is 11.8. The average Bonchev–Trinajstić information content (AvgIpc) is 3.22. The van der Waals surface area contributed by atoms with E-state index in [1.807, 2.05) is 12.1 Å². The molecule has 4 aromatic carbocycles. The van der Waals surface area contributed by atoms with Crippen molar-refractivity contribution < 1.29 is 4.74 Å². The summed E-state index contributed by atoms with van der Waals surface area (Å²) < 4.78 is 6.36. The molecule has 4 heteroatoms. The number of benzene rings is 4. The quantitative estimate of drug-likeness (QED) is 0.285. The smallest absolute Gasteiger partial charge is 0.148 e. The minimum atomic E-state index is -0.0633. The van der Waals surface area contributed by atoms with Crippen molar-refractivity contribution in [3.05, 3.63) is 119 Å². The van der Waals surface area contributed by atoms with E-state index in [4.69, 9.17) is 9.73 Å². The molecule has 164 valence electrons. The summed E-state index contributed by atoms with van der Waals surface area (Å²) in [6.45, 7) is 2.24. The van der Waals surface area contributed by atoms with Gasteiger partial charge in [0.05, 0.1) is 18.9 Å². The van der Waals surface area contributed by atoms with Crippen LogP contribution < -0.4 is 9.64 Å². The SMILES string of the molecule is COc1ccc(-c2ccc(N3C(C)C(c4ccc(Br)cc4)=NC3c3ccccc3)cc2)cc1. The van der Waals surface area contributed by atoms with Gasteiger partial charge in [0.25, 0.3) is 0 Å². The Labute approximate surface area is 203 Å². The Morgan fingerprint density at radius 1 is 0.727 bits per heavy atom. The van der Waals surface area contributed by atoms with E-state index in [1.165, 1.54) is 16.7 Å². The van der Waals surface area contributed by atoms with Crippen molar-refractivity contribution in [3.8, 4) is 16.9 Å². The van der Waals surface area contributed by atoms with Crippen LogP contribution in [0.3, 0.4) is 0 Å². The van der Waals surface area contributed by atoms with Gasteiger partial charge in [-0.25, -0.2) is 0 Å². The molecule has 0 aromatic heterocycles. The first kappa shape index (κ1) is 21.5. The van der Waals surface area contributed by atoms with Crippen LogP contribution in [0.4, 0.5) is 5.69 Å². The third kappa shape index (κ3) is 4.31. The predicted octanol–water partition coefficient (Wildman–Crippen LogP) is 7.52. The van der Waals surface area contributed by atoms with Gasteiger partial charge in [0.15, 0.2) is 0 Å². The Hall–Kier alpha value is -3.37. The summed E-state index contributed by atoms with van der Waals surface area (Å²) in [6.07, 6.45) is -0.0633. The molecule has 0 fully saturated rings. The summed E-state index contributed by atoms with van der Waals surface area (Å²) in [4.78, 5) is 7.62. The highest BCUT2D eigenvalue weighted by Gasteiger charge is 2.35. The third-order valence-corrected chi connectivity index (χ3v) is 6.69. The zero-order valence-corrected chi connectivity index (χ0v) is 20.2. The predicted molar refractivity (Wildman–Crippen MR) is 140 cm³/mol. The molecule has 2 atom stereocenters. The molecule has 0 aliphatic carbocycles. The van der Waals surface area contributed by atoms with Gasteiger partial charge in [0.2, 0.25) is 0 Å². The number of aliphatic imine (C=N–C) groups is 1. The summed E-state index contributed by atoms with van der Waals surface area (Å²) in [7, 11) is 1.69. The van der Waals surface area contributed by atoms with Crippen LogP contribution in [-0.4, -0.2) is 18.9 Å². The molecule has 33 heavy (non-hydrogen) atoms. The topological polar surface area (TPSA) is 24.8 Å². The van der Waals surface area contributed by atoms with Crippen molar-refractivity contribution >= 4 is 27.3 Å². The number of nitrogens with zero attached hydrogens (tertiary/aromatic N) is 2. The molecular formula is C29H25BrN2O. The molecule has 2 unspecified atom stereocenters. The Kier molecular flexibility index (Phi) is 6.01. The molecule has 1 heterocycles. The summed E-state index contributed by atoms with van der Waals surface area (Å²) >= 11 is 3.54. The second-order valence-corrected chi connectivity index (χ2v) is 9.08. The number of hydrogen-bond donors (Lipinski definition) is 0. The Balaban J connectivity index is 1.50. The highest BCUT2D eigenvalue weighted by molar-refractivity contribution is 9.10. The summed E-state index contributed by atoms with van der Waals surface area (Å²) in [5.41, 5.74) is 6.96. The molecule has 4 aromatic rings. The highest BCUT2D eigenvalue weighted by atomic mass is 79.9. The molecule has 0 saturated carbocycles. The molecule has 0 saturated heterocycles. The van der Waals surface area contributed by atoms with E-state index >= 15 is 0 Å². The zero-order valence-electron chi connectivity index (χ0n) is 18.7. The van der Waals surface area contributed by atoms with Crippen LogP contribution in [0.15, 0.2) is 113 Å². The molecule has 5 rings (SSSR count). The minimum absolute atomic E-state index is 0.0633. The summed E-state index contributed by atoms with van der Waals surface area (Å²) in [5, 5.41) is 0. The van der Waals surface area contributed by atoms with Gasteiger partial charge in [-0.3, -0.25) is 4.99 Å². The number of hydrogen-bond acceptors (Lipinski definition) is 3. The van der Waals surface area contributed by atoms with E-state index in [-0.39, 0.29) is 12.2 Å². The van der Waals surface area contributed by atoms with Crippen molar-refractivity contribution in [3.63, 3.8) is 0 Å². The van der Waals surface area contributed by atoms with Gasteiger partial charge in [-0.05, 0) is 65.6 Å². The van der Waals surface area contributed by atoms with E-state index in [1.54, 1.807) is 7.11 Å². The minimum Gasteiger partial charge on any atom is -0.497 e. The average molecular weight is 497 g/mol. The normalized spacial score (nSPS) is 17.7. The third-order valence-electron chi connectivity index (χ3n) is 6.16. The van der Waals surface area contributed by atoms with Crippen LogP contribution in [-0.2, 0) is 0 Å². The van der Waals surface area contributed by atoms with Gasteiger partial charge < -0.3 is 9.64 Å². The van der Waals surface area contributed by atoms with Crippen LogP contribution in [0.1, 0.15) is 24.2 Å². The van der Waals surface area contributed by atoms with E-state index in [2.05, 4.69) is 119 Å². The van der Waals surface area contributed by atoms with Gasteiger partial charge >= 0.3 is 0 Å². The van der Waals surface area contributed by atoms with Gasteiger partial charge in [-0.2, -0.15) is 0 Å². The van der Waals surface area contributed by atoms with Crippen LogP contribution in [0, 0.1) is 0 Å². The molecule has 0 bridgehead atoms. The lowest BCUT2D eigenvalue weighted by Gasteiger charge is -2.30. The molecule has 0 N–H and O–H groups in total. The molecule has 0 spiro atoms. The second kappa shape index (κ2) is 9.24. The molecule has 3 nitrogen and oxygen atoms in total. The molecular weight excluding hydrogens is 472 g/mol. The Morgan fingerprint density at radius 2 is 1.30 bits per heavy atom. The monoisotopic (exact) mass is 496 g/mol. The van der Waals surface area contributed by atoms with Crippen LogP contribution >= 0.6 is 15.9 Å². The number of anilines is 1. The van der Waals surface area contributed by atoms with Crippen molar-refractivity contribution in [1.82, 2.24) is 0 Å². The Bertz CT molecular complexity index is 1250. The maximum Gasteiger partial charge on any atom is 0.148 e. The van der Waals surface area contributed by atoms with Gasteiger partial charge in [-0.15, -0.1) is 0 Å². The van der Waals surface area contributed by atoms with E-state index in [0.717, 1.165) is 27.2 Å². The highest BCUT2D eigenvalue weighted by Crippen LogP contribution is 2.38. The maximum atomic E-state index is 5.29. The lowest BCUT2D eigenvalue weighted by atomic mass is 10.0. The zero-order chi connectivity index (χ0) is 22.8. The lowest BCUT2D eigenvalue weighted by molar-refractivity contribution is 0.415. The molecule has 1 aliphatic heterocycles. The number of methoxy groups -OCH3 is 1. The Morgan fingerprint density at radius 3 is 1.91 bits per heavy atom. The fraction of sp³-hybridized carbons (Fsp3) is 0.138. The van der Waals surface area contributed by atoms with Crippen LogP contribution in [0.2, 0.25) is 0 Å². The van der Waals surface area contributed by atoms with Crippen LogP contribution in [0.5, 0.6) is 5.75 Å². The van der Waals surface area contributed by atoms with Gasteiger partial charge in [-0.1, -0.05) is 82.7 Å². The number of rotatable bonds is 5. The van der Waals surface area contributed by atoms with Crippen molar-refractivity contribution in [2.75, 3.05) is 12.0 Å². The van der Waals surface area contributed by atoms with Crippen molar-refractivity contribution in [2.45, 2.75) is 19.1 Å². The molecule has 0 amide bonds. The van der Waals surface area contributed by atoms with E-state index < -0.39 is 0 Å². The fourth-order valence-electron chi connectivity index (χ4n) is 4.42. The largest absolute Gasteiger partial charge is 0.497 e. The van der Waals surface area contributed by atoms with Crippen molar-refractivity contribution in [2.24, 2.45) is 4.99 Å². The van der Waals surface area contributed by atoms with Crippen molar-refractivity contribution in [1.29, 1.82) is 0 Å². The van der Waals surface area contributed by atoms with Crippen LogP contribution in [0.25, 0.3) is 11.1 Å². The first-order chi connectivity index (χ1) is 16.1.